The molecule has 26 heavy (non-hydrogen) atoms. The van der Waals surface area contributed by atoms with Crippen LogP contribution in [0.15, 0.2) is 46.9 Å². The molecule has 0 aliphatic heterocycles. The van der Waals surface area contributed by atoms with Gasteiger partial charge < -0.3 is 10.6 Å². The van der Waals surface area contributed by atoms with Crippen LogP contribution in [0.3, 0.4) is 0 Å². The topological polar surface area (TPSA) is 58.2 Å². The van der Waals surface area contributed by atoms with E-state index in [-0.39, 0.29) is 30.1 Å². The van der Waals surface area contributed by atoms with Gasteiger partial charge in [-0.3, -0.25) is 9.59 Å². The van der Waals surface area contributed by atoms with Crippen molar-refractivity contribution in [2.75, 3.05) is 5.32 Å². The van der Waals surface area contributed by atoms with Crippen LogP contribution in [0.1, 0.15) is 43.9 Å². The van der Waals surface area contributed by atoms with Crippen LogP contribution < -0.4 is 10.6 Å². The lowest BCUT2D eigenvalue weighted by Gasteiger charge is -2.15. The van der Waals surface area contributed by atoms with Crippen molar-refractivity contribution in [3.63, 3.8) is 0 Å². The van der Waals surface area contributed by atoms with Gasteiger partial charge in [-0.25, -0.2) is 4.39 Å². The highest BCUT2D eigenvalue weighted by Gasteiger charge is 2.11. The van der Waals surface area contributed by atoms with Gasteiger partial charge in [0.1, 0.15) is 5.82 Å². The summed E-state index contributed by atoms with van der Waals surface area (Å²) in [5.74, 6) is -0.493. The van der Waals surface area contributed by atoms with E-state index in [4.69, 9.17) is 0 Å². The fourth-order valence-electron chi connectivity index (χ4n) is 2.47. The third kappa shape index (κ3) is 5.95. The maximum atomic E-state index is 13.8. The molecule has 6 heteroatoms. The molecule has 2 rings (SSSR count). The highest BCUT2D eigenvalue weighted by atomic mass is 79.9. The van der Waals surface area contributed by atoms with E-state index in [2.05, 4.69) is 26.6 Å². The summed E-state index contributed by atoms with van der Waals surface area (Å²) in [6.45, 7) is 3.68. The normalized spacial score (nSPS) is 11.7. The predicted octanol–water partition coefficient (Wildman–Crippen LogP) is 4.75. The molecule has 2 N–H and O–H groups in total. The van der Waals surface area contributed by atoms with Crippen LogP contribution >= 0.6 is 15.9 Å². The standard InChI is InChI=1S/C20H22BrFN2O2/c1-3-19(25)24-17-9-5-14(6-10-17)13(2)23-20(26)11-7-15-4-8-16(21)12-18(15)22/h4-6,8-10,12-13H,3,7,11H2,1-2H3,(H,23,26)(H,24,25). The van der Waals surface area contributed by atoms with E-state index in [1.54, 1.807) is 19.1 Å². The van der Waals surface area contributed by atoms with Gasteiger partial charge in [0.05, 0.1) is 6.04 Å². The van der Waals surface area contributed by atoms with Gasteiger partial charge in [0.2, 0.25) is 11.8 Å². The van der Waals surface area contributed by atoms with E-state index in [1.807, 2.05) is 31.2 Å². The van der Waals surface area contributed by atoms with E-state index in [1.165, 1.54) is 6.07 Å². The molecule has 0 radical (unpaired) electrons. The number of carbonyl (C=O) groups excluding carboxylic acids is 2. The van der Waals surface area contributed by atoms with Crippen molar-refractivity contribution in [1.29, 1.82) is 0 Å². The molecule has 1 atom stereocenters. The van der Waals surface area contributed by atoms with Gasteiger partial charge in [0, 0.05) is 23.0 Å². The monoisotopic (exact) mass is 420 g/mol. The van der Waals surface area contributed by atoms with E-state index in [0.717, 1.165) is 11.3 Å². The number of rotatable bonds is 7. The molecule has 0 aromatic heterocycles. The van der Waals surface area contributed by atoms with Crippen molar-refractivity contribution >= 4 is 33.4 Å². The minimum atomic E-state index is -0.315. The largest absolute Gasteiger partial charge is 0.350 e. The fourth-order valence-corrected chi connectivity index (χ4v) is 2.81. The second-order valence-electron chi connectivity index (χ2n) is 6.05. The number of hydrogen-bond donors (Lipinski definition) is 2. The van der Waals surface area contributed by atoms with Crippen LogP contribution in [0.4, 0.5) is 10.1 Å². The van der Waals surface area contributed by atoms with Crippen LogP contribution in [-0.4, -0.2) is 11.8 Å². The zero-order valence-corrected chi connectivity index (χ0v) is 16.4. The van der Waals surface area contributed by atoms with Crippen LogP contribution in [0.5, 0.6) is 0 Å². The van der Waals surface area contributed by atoms with Gasteiger partial charge in [-0.05, 0) is 48.7 Å². The molecule has 0 saturated carbocycles. The zero-order chi connectivity index (χ0) is 19.1. The van der Waals surface area contributed by atoms with Crippen molar-refractivity contribution in [3.05, 3.63) is 63.9 Å². The quantitative estimate of drug-likeness (QED) is 0.678. The highest BCUT2D eigenvalue weighted by Crippen LogP contribution is 2.18. The molecule has 0 heterocycles. The van der Waals surface area contributed by atoms with Crippen LogP contribution in [-0.2, 0) is 16.0 Å². The van der Waals surface area contributed by atoms with Gasteiger partial charge in [0.25, 0.3) is 0 Å². The van der Waals surface area contributed by atoms with Gasteiger partial charge >= 0.3 is 0 Å². The summed E-state index contributed by atoms with van der Waals surface area (Å²) in [7, 11) is 0. The Labute approximate surface area is 161 Å². The smallest absolute Gasteiger partial charge is 0.224 e. The van der Waals surface area contributed by atoms with E-state index in [9.17, 15) is 14.0 Å². The number of hydrogen-bond acceptors (Lipinski definition) is 2. The fraction of sp³-hybridized carbons (Fsp3) is 0.300. The Morgan fingerprint density at radius 1 is 1.12 bits per heavy atom. The van der Waals surface area contributed by atoms with Crippen molar-refractivity contribution in [2.24, 2.45) is 0 Å². The molecule has 2 aromatic carbocycles. The number of anilines is 1. The lowest BCUT2D eigenvalue weighted by atomic mass is 10.1. The van der Waals surface area contributed by atoms with Crippen LogP contribution in [0.2, 0.25) is 0 Å². The Morgan fingerprint density at radius 3 is 2.42 bits per heavy atom. The number of halogens is 2. The van der Waals surface area contributed by atoms with Crippen molar-refractivity contribution in [2.45, 2.75) is 39.2 Å². The summed E-state index contributed by atoms with van der Waals surface area (Å²) in [6.07, 6.45) is 0.986. The highest BCUT2D eigenvalue weighted by molar-refractivity contribution is 9.10. The first-order valence-electron chi connectivity index (χ1n) is 8.52. The molecule has 0 spiro atoms. The molecule has 1 unspecified atom stereocenters. The number of nitrogens with one attached hydrogen (secondary N) is 2. The molecular formula is C20H22BrFN2O2. The third-order valence-corrected chi connectivity index (χ3v) is 4.52. The maximum absolute atomic E-state index is 13.8. The molecule has 0 fully saturated rings. The molecule has 0 aliphatic carbocycles. The lowest BCUT2D eigenvalue weighted by Crippen LogP contribution is -2.26. The average Bonchev–Trinajstić information content (AvgIpc) is 2.61. The number of aryl methyl sites for hydroxylation is 1. The van der Waals surface area contributed by atoms with E-state index < -0.39 is 0 Å². The molecule has 2 aromatic rings. The van der Waals surface area contributed by atoms with Gasteiger partial charge in [0.15, 0.2) is 0 Å². The first kappa shape index (κ1) is 20.1. The number of carbonyl (C=O) groups is 2. The minimum Gasteiger partial charge on any atom is -0.350 e. The van der Waals surface area contributed by atoms with Gasteiger partial charge in [-0.1, -0.05) is 41.1 Å². The zero-order valence-electron chi connectivity index (χ0n) is 14.8. The van der Waals surface area contributed by atoms with E-state index >= 15 is 0 Å². The first-order chi connectivity index (χ1) is 12.4. The molecule has 138 valence electrons. The molecule has 0 saturated heterocycles. The minimum absolute atomic E-state index is 0.0423. The van der Waals surface area contributed by atoms with Crippen LogP contribution in [0, 0.1) is 5.82 Å². The number of benzene rings is 2. The summed E-state index contributed by atoms with van der Waals surface area (Å²) in [4.78, 5) is 23.5. The SMILES string of the molecule is CCC(=O)Nc1ccc(C(C)NC(=O)CCc2ccc(Br)cc2F)cc1. The Balaban J connectivity index is 1.87. The summed E-state index contributed by atoms with van der Waals surface area (Å²) >= 11 is 3.21. The summed E-state index contributed by atoms with van der Waals surface area (Å²) in [6, 6.07) is 12.0. The Kier molecular flexibility index (Phi) is 7.33. The summed E-state index contributed by atoms with van der Waals surface area (Å²) in [5.41, 5.74) is 2.18. The molecule has 0 bridgehead atoms. The molecule has 0 aliphatic rings. The van der Waals surface area contributed by atoms with Crippen molar-refractivity contribution in [1.82, 2.24) is 5.32 Å². The predicted molar refractivity (Wildman–Crippen MR) is 104 cm³/mol. The van der Waals surface area contributed by atoms with Gasteiger partial charge in [-0.15, -0.1) is 0 Å². The second kappa shape index (κ2) is 9.48. The average molecular weight is 421 g/mol. The summed E-state index contributed by atoms with van der Waals surface area (Å²) < 4.78 is 14.5. The Hall–Kier alpha value is -2.21. The maximum Gasteiger partial charge on any atom is 0.224 e. The van der Waals surface area contributed by atoms with E-state index in [0.29, 0.717) is 22.9 Å². The lowest BCUT2D eigenvalue weighted by molar-refractivity contribution is -0.121. The Morgan fingerprint density at radius 2 is 1.81 bits per heavy atom. The van der Waals surface area contributed by atoms with Crippen molar-refractivity contribution < 1.29 is 14.0 Å². The number of amides is 2. The molecule has 2 amide bonds. The second-order valence-corrected chi connectivity index (χ2v) is 6.96. The molecular weight excluding hydrogens is 399 g/mol. The molecule has 4 nitrogen and oxygen atoms in total. The van der Waals surface area contributed by atoms with Crippen LogP contribution in [0.25, 0.3) is 0 Å². The third-order valence-electron chi connectivity index (χ3n) is 4.03. The first-order valence-corrected chi connectivity index (χ1v) is 9.31. The van der Waals surface area contributed by atoms with Gasteiger partial charge in [-0.2, -0.15) is 0 Å². The Bertz CT molecular complexity index is 778. The van der Waals surface area contributed by atoms with Crippen molar-refractivity contribution in [3.8, 4) is 0 Å². The summed E-state index contributed by atoms with van der Waals surface area (Å²) in [5, 5.41) is 5.69.